The smallest absolute Gasteiger partial charge is 0.254 e. The van der Waals surface area contributed by atoms with E-state index in [9.17, 15) is 4.79 Å². The molecule has 0 spiro atoms. The van der Waals surface area contributed by atoms with E-state index in [4.69, 9.17) is 14.2 Å². The van der Waals surface area contributed by atoms with Crippen molar-refractivity contribution in [3.63, 3.8) is 0 Å². The van der Waals surface area contributed by atoms with Crippen molar-refractivity contribution in [1.29, 1.82) is 0 Å². The van der Waals surface area contributed by atoms with Crippen LogP contribution in [-0.2, 0) is 6.54 Å². The number of hydrogen-bond donors (Lipinski definition) is 0. The molecule has 1 fully saturated rings. The fourth-order valence-corrected chi connectivity index (χ4v) is 3.54. The number of nitrogens with zero attached hydrogens (tertiary/aromatic N) is 1. The minimum Gasteiger partial charge on any atom is -0.497 e. The Morgan fingerprint density at radius 3 is 2.07 bits per heavy atom. The fourth-order valence-electron chi connectivity index (χ4n) is 3.54. The molecule has 1 aliphatic rings. The molecule has 1 amide bonds. The number of rotatable bonds is 8. The van der Waals surface area contributed by atoms with Crippen LogP contribution in [0.15, 0.2) is 36.4 Å². The second kappa shape index (κ2) is 8.55. The Bertz CT molecular complexity index is 802. The molecule has 28 heavy (non-hydrogen) atoms. The van der Waals surface area contributed by atoms with Gasteiger partial charge in [-0.2, -0.15) is 0 Å². The third-order valence-electron chi connectivity index (χ3n) is 5.57. The Kier molecular flexibility index (Phi) is 6.12. The van der Waals surface area contributed by atoms with E-state index in [2.05, 4.69) is 6.92 Å². The van der Waals surface area contributed by atoms with E-state index in [-0.39, 0.29) is 11.9 Å². The van der Waals surface area contributed by atoms with Crippen molar-refractivity contribution in [2.24, 2.45) is 5.92 Å². The van der Waals surface area contributed by atoms with Crippen LogP contribution >= 0.6 is 0 Å². The molecule has 150 valence electrons. The Labute approximate surface area is 167 Å². The molecule has 2 aromatic carbocycles. The molecule has 1 unspecified atom stereocenters. The number of methoxy groups -OCH3 is 3. The third-order valence-corrected chi connectivity index (χ3v) is 5.57. The lowest BCUT2D eigenvalue weighted by Crippen LogP contribution is -2.39. The maximum atomic E-state index is 13.5. The van der Waals surface area contributed by atoms with Crippen LogP contribution in [0.1, 0.15) is 41.3 Å². The van der Waals surface area contributed by atoms with Crippen LogP contribution in [0.25, 0.3) is 0 Å². The SMILES string of the molecule is COc1ccc(CN(C(=O)c2cc(OC)c(C)c(OC)c2)C(C)C2CC2)cc1. The minimum absolute atomic E-state index is 0.00758. The van der Waals surface area contributed by atoms with Gasteiger partial charge in [-0.25, -0.2) is 0 Å². The summed E-state index contributed by atoms with van der Waals surface area (Å²) in [6.45, 7) is 4.62. The molecule has 1 aliphatic carbocycles. The number of hydrogen-bond acceptors (Lipinski definition) is 4. The van der Waals surface area contributed by atoms with Crippen molar-refractivity contribution in [1.82, 2.24) is 4.90 Å². The van der Waals surface area contributed by atoms with E-state index >= 15 is 0 Å². The van der Waals surface area contributed by atoms with Gasteiger partial charge in [0.25, 0.3) is 5.91 Å². The van der Waals surface area contributed by atoms with Crippen molar-refractivity contribution >= 4 is 5.91 Å². The van der Waals surface area contributed by atoms with E-state index < -0.39 is 0 Å². The van der Waals surface area contributed by atoms with Gasteiger partial charge in [0.15, 0.2) is 0 Å². The second-order valence-electron chi connectivity index (χ2n) is 7.36. The van der Waals surface area contributed by atoms with Crippen LogP contribution in [0.5, 0.6) is 17.2 Å². The summed E-state index contributed by atoms with van der Waals surface area (Å²) in [7, 11) is 4.87. The zero-order valence-electron chi connectivity index (χ0n) is 17.3. The highest BCUT2D eigenvalue weighted by atomic mass is 16.5. The standard InChI is InChI=1S/C23H29NO4/c1-15-21(27-4)12-19(13-22(15)28-5)23(25)24(16(2)18-8-9-18)14-17-6-10-20(26-3)11-7-17/h6-7,10-13,16,18H,8-9,14H2,1-5H3. The first-order chi connectivity index (χ1) is 13.5. The molecular formula is C23H29NO4. The third kappa shape index (κ3) is 4.24. The Balaban J connectivity index is 1.92. The molecule has 0 N–H and O–H groups in total. The molecule has 1 saturated carbocycles. The molecule has 0 radical (unpaired) electrons. The van der Waals surface area contributed by atoms with Crippen molar-refractivity contribution in [3.05, 3.63) is 53.1 Å². The highest BCUT2D eigenvalue weighted by Crippen LogP contribution is 2.37. The summed E-state index contributed by atoms with van der Waals surface area (Å²) in [5.41, 5.74) is 2.55. The summed E-state index contributed by atoms with van der Waals surface area (Å²) in [6, 6.07) is 11.7. The zero-order valence-corrected chi connectivity index (χ0v) is 17.3. The molecule has 0 aromatic heterocycles. The van der Waals surface area contributed by atoms with E-state index in [0.717, 1.165) is 16.9 Å². The van der Waals surface area contributed by atoms with Gasteiger partial charge in [-0.1, -0.05) is 12.1 Å². The zero-order chi connectivity index (χ0) is 20.3. The number of ether oxygens (including phenoxy) is 3. The van der Waals surface area contributed by atoms with Gasteiger partial charge in [0, 0.05) is 23.7 Å². The highest BCUT2D eigenvalue weighted by molar-refractivity contribution is 5.95. The Morgan fingerprint density at radius 2 is 1.61 bits per heavy atom. The average Bonchev–Trinajstić information content (AvgIpc) is 3.57. The molecule has 0 saturated heterocycles. The largest absolute Gasteiger partial charge is 0.497 e. The van der Waals surface area contributed by atoms with Gasteiger partial charge in [0.2, 0.25) is 0 Å². The quantitative estimate of drug-likeness (QED) is 0.675. The summed E-state index contributed by atoms with van der Waals surface area (Å²) in [5, 5.41) is 0. The first-order valence-corrected chi connectivity index (χ1v) is 9.65. The maximum absolute atomic E-state index is 13.5. The van der Waals surface area contributed by atoms with Crippen LogP contribution in [0.2, 0.25) is 0 Å². The highest BCUT2D eigenvalue weighted by Gasteiger charge is 2.35. The Hall–Kier alpha value is -2.69. The van der Waals surface area contributed by atoms with Gasteiger partial charge >= 0.3 is 0 Å². The predicted octanol–water partition coefficient (Wildman–Crippen LogP) is 4.46. The molecule has 5 nitrogen and oxygen atoms in total. The van der Waals surface area contributed by atoms with E-state index in [1.54, 1.807) is 33.5 Å². The van der Waals surface area contributed by atoms with Crippen molar-refractivity contribution in [2.75, 3.05) is 21.3 Å². The first-order valence-electron chi connectivity index (χ1n) is 9.65. The lowest BCUT2D eigenvalue weighted by atomic mass is 10.1. The number of amides is 1. The van der Waals surface area contributed by atoms with Gasteiger partial charge in [-0.15, -0.1) is 0 Å². The van der Waals surface area contributed by atoms with Crippen LogP contribution in [0.4, 0.5) is 0 Å². The average molecular weight is 383 g/mol. The summed E-state index contributed by atoms with van der Waals surface area (Å²) in [5.74, 6) is 2.69. The molecular weight excluding hydrogens is 354 g/mol. The van der Waals surface area contributed by atoms with Gasteiger partial charge in [-0.05, 0) is 62.4 Å². The van der Waals surface area contributed by atoms with E-state index in [1.807, 2.05) is 36.1 Å². The van der Waals surface area contributed by atoms with Gasteiger partial charge in [0.05, 0.1) is 21.3 Å². The van der Waals surface area contributed by atoms with E-state index in [1.165, 1.54) is 12.8 Å². The molecule has 0 heterocycles. The minimum atomic E-state index is -0.00758. The Morgan fingerprint density at radius 1 is 1.04 bits per heavy atom. The molecule has 1 atom stereocenters. The number of carbonyl (C=O) groups is 1. The normalized spacial score (nSPS) is 14.3. The monoisotopic (exact) mass is 383 g/mol. The summed E-state index contributed by atoms with van der Waals surface area (Å²) >= 11 is 0. The van der Waals surface area contributed by atoms with Gasteiger partial charge in [0.1, 0.15) is 17.2 Å². The summed E-state index contributed by atoms with van der Waals surface area (Å²) < 4.78 is 16.2. The predicted molar refractivity (Wildman–Crippen MR) is 109 cm³/mol. The van der Waals surface area contributed by atoms with Crippen LogP contribution in [0, 0.1) is 12.8 Å². The summed E-state index contributed by atoms with van der Waals surface area (Å²) in [4.78, 5) is 15.4. The van der Waals surface area contributed by atoms with Crippen LogP contribution in [-0.4, -0.2) is 38.2 Å². The van der Waals surface area contributed by atoms with Crippen LogP contribution < -0.4 is 14.2 Å². The first kappa shape index (κ1) is 20.1. The lowest BCUT2D eigenvalue weighted by molar-refractivity contribution is 0.0653. The topological polar surface area (TPSA) is 48.0 Å². The van der Waals surface area contributed by atoms with Gasteiger partial charge < -0.3 is 19.1 Å². The van der Waals surface area contributed by atoms with Crippen molar-refractivity contribution in [2.45, 2.75) is 39.3 Å². The van der Waals surface area contributed by atoms with E-state index in [0.29, 0.717) is 29.5 Å². The van der Waals surface area contributed by atoms with Crippen molar-refractivity contribution in [3.8, 4) is 17.2 Å². The maximum Gasteiger partial charge on any atom is 0.254 e. The summed E-state index contributed by atoms with van der Waals surface area (Å²) in [6.07, 6.45) is 2.35. The van der Waals surface area contributed by atoms with Gasteiger partial charge in [-0.3, -0.25) is 4.79 Å². The molecule has 2 aromatic rings. The molecule has 3 rings (SSSR count). The molecule has 0 bridgehead atoms. The second-order valence-corrected chi connectivity index (χ2v) is 7.36. The molecule has 5 heteroatoms. The number of carbonyl (C=O) groups excluding carboxylic acids is 1. The lowest BCUT2D eigenvalue weighted by Gasteiger charge is -2.30. The van der Waals surface area contributed by atoms with Crippen LogP contribution in [0.3, 0.4) is 0 Å². The fraction of sp³-hybridized carbons (Fsp3) is 0.435. The van der Waals surface area contributed by atoms with Crippen molar-refractivity contribution < 1.29 is 19.0 Å². The number of benzene rings is 2. The molecule has 0 aliphatic heterocycles.